The van der Waals surface area contributed by atoms with E-state index in [0.29, 0.717) is 38.2 Å². The lowest BCUT2D eigenvalue weighted by atomic mass is 9.90. The van der Waals surface area contributed by atoms with E-state index in [1.54, 1.807) is 18.2 Å². The second kappa shape index (κ2) is 11.9. The Morgan fingerprint density at radius 2 is 1.63 bits per heavy atom. The molecule has 2 heterocycles. The van der Waals surface area contributed by atoms with Gasteiger partial charge in [0.25, 0.3) is 0 Å². The number of piperidine rings is 1. The van der Waals surface area contributed by atoms with Crippen molar-refractivity contribution < 1.29 is 37.7 Å². The molecule has 2 fully saturated rings. The van der Waals surface area contributed by atoms with Crippen molar-refractivity contribution >= 4 is 11.6 Å². The highest BCUT2D eigenvalue weighted by Gasteiger charge is 2.41. The minimum atomic E-state index is -1.59. The van der Waals surface area contributed by atoms with Gasteiger partial charge in [-0.05, 0) is 25.0 Å². The number of nitrogens with zero attached hydrogens (tertiary/aromatic N) is 3. The van der Waals surface area contributed by atoms with E-state index >= 15 is 0 Å². The number of methoxy groups -OCH3 is 1. The van der Waals surface area contributed by atoms with Crippen LogP contribution in [-0.4, -0.2) is 103 Å². The van der Waals surface area contributed by atoms with Crippen LogP contribution in [-0.2, 0) is 9.53 Å². The van der Waals surface area contributed by atoms with Gasteiger partial charge in [0, 0.05) is 64.6 Å². The molecule has 2 N–H and O–H groups in total. The minimum absolute atomic E-state index is 0.0564. The van der Waals surface area contributed by atoms with Crippen molar-refractivity contribution in [3.05, 3.63) is 59.9 Å². The molecule has 4 rings (SSSR count). The summed E-state index contributed by atoms with van der Waals surface area (Å²) in [7, 11) is 1.40. The molecule has 0 radical (unpaired) electrons. The molecule has 0 bridgehead atoms. The third-order valence-electron chi connectivity index (χ3n) is 7.06. The molecule has 0 aliphatic carbocycles. The molecular weight excluding hydrogens is 503 g/mol. The molecule has 1 atom stereocenters. The summed E-state index contributed by atoms with van der Waals surface area (Å²) in [6.45, 7) is 1.29. The predicted molar refractivity (Wildman–Crippen MR) is 134 cm³/mol. The number of amides is 1. The normalized spacial score (nSPS) is 22.3. The van der Waals surface area contributed by atoms with Crippen LogP contribution in [0, 0.1) is 17.5 Å². The first-order valence-electron chi connectivity index (χ1n) is 12.6. The van der Waals surface area contributed by atoms with E-state index in [9.17, 15) is 28.2 Å². The molecule has 0 spiro atoms. The Labute approximate surface area is 220 Å². The topological polar surface area (TPSA) is 85.7 Å². The first-order valence-corrected chi connectivity index (χ1v) is 12.6. The average molecular weight is 538 g/mol. The number of carbonyl (C=O) groups is 1. The van der Waals surface area contributed by atoms with Crippen LogP contribution in [0.15, 0.2) is 42.5 Å². The first kappa shape index (κ1) is 28.2. The highest BCUT2D eigenvalue weighted by molar-refractivity contribution is 5.77. The molecule has 38 heavy (non-hydrogen) atoms. The third-order valence-corrected chi connectivity index (χ3v) is 7.06. The van der Waals surface area contributed by atoms with Gasteiger partial charge >= 0.3 is 0 Å². The van der Waals surface area contributed by atoms with Gasteiger partial charge in [0.1, 0.15) is 42.0 Å². The van der Waals surface area contributed by atoms with Gasteiger partial charge in [-0.25, -0.2) is 13.2 Å². The molecule has 8 nitrogen and oxygen atoms in total. The number of halogens is 3. The number of hydrogen-bond donors (Lipinski definition) is 2. The van der Waals surface area contributed by atoms with Crippen LogP contribution in [0.2, 0.25) is 0 Å². The monoisotopic (exact) mass is 537 g/mol. The summed E-state index contributed by atoms with van der Waals surface area (Å²) in [6.07, 6.45) is 0.781. The fourth-order valence-corrected chi connectivity index (χ4v) is 5.17. The lowest BCUT2D eigenvalue weighted by Crippen LogP contribution is -2.56. The summed E-state index contributed by atoms with van der Waals surface area (Å²) in [5.41, 5.74) is -2.18. The molecular formula is C27H34F3N3O5. The number of benzene rings is 2. The van der Waals surface area contributed by atoms with Crippen LogP contribution in [0.4, 0.5) is 18.9 Å². The molecule has 1 unspecified atom stereocenters. The number of aliphatic hydroxyl groups is 2. The van der Waals surface area contributed by atoms with Gasteiger partial charge in [0.15, 0.2) is 0 Å². The standard InChI is InChI=1S/C27H34F3N3O5/c1-37-15-25(34)33-11-10-31(17-27(36,18-33)19-38-22-13-20(28)12-21(29)14-22)16-26(35)6-8-32(9-7-26)24-5-3-2-4-23(24)30/h2-5,12-14,35-36H,6-11,15-19H2,1H3. The minimum Gasteiger partial charge on any atom is -0.490 e. The number of β-amino-alcohol motifs (C(OH)–C–C–N with tert-alkyl or cyclic N) is 2. The highest BCUT2D eigenvalue weighted by atomic mass is 19.1. The van der Waals surface area contributed by atoms with E-state index in [1.165, 1.54) is 18.1 Å². The van der Waals surface area contributed by atoms with Crippen molar-refractivity contribution in [3.8, 4) is 5.75 Å². The van der Waals surface area contributed by atoms with E-state index in [2.05, 4.69) is 0 Å². The molecule has 2 saturated heterocycles. The predicted octanol–water partition coefficient (Wildman–Crippen LogP) is 2.04. The zero-order valence-corrected chi connectivity index (χ0v) is 21.4. The quantitative estimate of drug-likeness (QED) is 0.533. The second-order valence-electron chi connectivity index (χ2n) is 10.2. The van der Waals surface area contributed by atoms with Gasteiger partial charge in [0.05, 0.1) is 17.8 Å². The Balaban J connectivity index is 1.45. The number of anilines is 1. The van der Waals surface area contributed by atoms with Crippen molar-refractivity contribution in [1.82, 2.24) is 9.80 Å². The van der Waals surface area contributed by atoms with Gasteiger partial charge < -0.3 is 29.5 Å². The van der Waals surface area contributed by atoms with Crippen LogP contribution in [0.25, 0.3) is 0 Å². The fourth-order valence-electron chi connectivity index (χ4n) is 5.17. The van der Waals surface area contributed by atoms with E-state index in [-0.39, 0.29) is 56.9 Å². The van der Waals surface area contributed by atoms with E-state index < -0.39 is 22.8 Å². The summed E-state index contributed by atoms with van der Waals surface area (Å²) >= 11 is 0. The smallest absolute Gasteiger partial charge is 0.248 e. The first-order chi connectivity index (χ1) is 18.1. The summed E-state index contributed by atoms with van der Waals surface area (Å²) in [6, 6.07) is 9.28. The Hall–Kier alpha value is -2.86. The largest absolute Gasteiger partial charge is 0.490 e. The number of ether oxygens (including phenoxy) is 2. The summed E-state index contributed by atoms with van der Waals surface area (Å²) in [5, 5.41) is 22.9. The molecule has 2 aliphatic rings. The Morgan fingerprint density at radius 1 is 0.947 bits per heavy atom. The van der Waals surface area contributed by atoms with Crippen LogP contribution in [0.5, 0.6) is 5.75 Å². The second-order valence-corrected chi connectivity index (χ2v) is 10.2. The third kappa shape index (κ3) is 7.16. The maximum Gasteiger partial charge on any atom is 0.248 e. The Bertz CT molecular complexity index is 1090. The van der Waals surface area contributed by atoms with Gasteiger partial charge in [0.2, 0.25) is 5.91 Å². The van der Waals surface area contributed by atoms with Gasteiger partial charge in [-0.2, -0.15) is 0 Å². The number of rotatable bonds is 8. The SMILES string of the molecule is COCC(=O)N1CCN(CC2(O)CCN(c3ccccc3F)CC2)CC(O)(COc2cc(F)cc(F)c2)C1. The van der Waals surface area contributed by atoms with Crippen molar-refractivity contribution in [3.63, 3.8) is 0 Å². The van der Waals surface area contributed by atoms with Crippen LogP contribution >= 0.6 is 0 Å². The van der Waals surface area contributed by atoms with Gasteiger partial charge in [-0.15, -0.1) is 0 Å². The van der Waals surface area contributed by atoms with Crippen LogP contribution < -0.4 is 9.64 Å². The highest BCUT2D eigenvalue weighted by Crippen LogP contribution is 2.30. The van der Waals surface area contributed by atoms with E-state index in [0.717, 1.165) is 18.2 Å². The van der Waals surface area contributed by atoms with Crippen molar-refractivity contribution in [1.29, 1.82) is 0 Å². The zero-order chi connectivity index (χ0) is 27.3. The van der Waals surface area contributed by atoms with Gasteiger partial charge in [-0.1, -0.05) is 12.1 Å². The van der Waals surface area contributed by atoms with E-state index in [4.69, 9.17) is 9.47 Å². The number of hydrogen-bond acceptors (Lipinski definition) is 7. The zero-order valence-electron chi connectivity index (χ0n) is 21.4. The van der Waals surface area contributed by atoms with E-state index in [1.807, 2.05) is 9.80 Å². The molecule has 2 aliphatic heterocycles. The fraction of sp³-hybridized carbons (Fsp3) is 0.519. The molecule has 0 aromatic heterocycles. The summed E-state index contributed by atoms with van der Waals surface area (Å²) in [4.78, 5) is 17.8. The molecule has 11 heteroatoms. The molecule has 2 aromatic carbocycles. The average Bonchev–Trinajstić information content (AvgIpc) is 3.02. The molecule has 0 saturated carbocycles. The maximum absolute atomic E-state index is 14.2. The number of carbonyl (C=O) groups excluding carboxylic acids is 1. The molecule has 2 aromatic rings. The van der Waals surface area contributed by atoms with Gasteiger partial charge in [-0.3, -0.25) is 9.69 Å². The Morgan fingerprint density at radius 3 is 2.29 bits per heavy atom. The molecule has 208 valence electrons. The van der Waals surface area contributed by atoms with Crippen LogP contribution in [0.1, 0.15) is 12.8 Å². The van der Waals surface area contributed by atoms with Crippen molar-refractivity contribution in [2.75, 3.05) is 71.0 Å². The lowest BCUT2D eigenvalue weighted by molar-refractivity contribution is -0.138. The van der Waals surface area contributed by atoms with Crippen LogP contribution in [0.3, 0.4) is 0 Å². The lowest BCUT2D eigenvalue weighted by Gasteiger charge is -2.42. The van der Waals surface area contributed by atoms with Crippen molar-refractivity contribution in [2.24, 2.45) is 0 Å². The van der Waals surface area contributed by atoms with Crippen molar-refractivity contribution in [2.45, 2.75) is 24.0 Å². The summed E-state index contributed by atoms with van der Waals surface area (Å²) < 4.78 is 52.0. The maximum atomic E-state index is 14.2. The molecule has 1 amide bonds. The number of para-hydroxylation sites is 1. The summed E-state index contributed by atoms with van der Waals surface area (Å²) in [5.74, 6) is -2.33. The Kier molecular flexibility index (Phi) is 8.81.